The molecule has 0 fully saturated rings. The number of carboxylic acid groups (broad SMARTS) is 1. The summed E-state index contributed by atoms with van der Waals surface area (Å²) in [6.45, 7) is 6.89. The molecule has 2 aromatic carbocycles. The van der Waals surface area contributed by atoms with E-state index in [1.54, 1.807) is 6.07 Å². The van der Waals surface area contributed by atoms with Crippen LogP contribution in [-0.4, -0.2) is 24.2 Å². The van der Waals surface area contributed by atoms with Crippen LogP contribution in [0.15, 0.2) is 34.8 Å². The van der Waals surface area contributed by atoms with Crippen molar-refractivity contribution in [2.45, 2.75) is 20.8 Å². The van der Waals surface area contributed by atoms with Crippen LogP contribution in [0.1, 0.15) is 27.0 Å². The molecule has 0 aromatic heterocycles. The first-order valence-electron chi connectivity index (χ1n) is 7.36. The normalized spacial score (nSPS) is 10.4. The van der Waals surface area contributed by atoms with Gasteiger partial charge in [-0.2, -0.15) is 0 Å². The second-order valence-corrected chi connectivity index (χ2v) is 6.30. The van der Waals surface area contributed by atoms with Crippen LogP contribution < -0.4 is 10.1 Å². The molecule has 0 atom stereocenters. The number of nitrogens with one attached hydrogen (secondary N) is 1. The van der Waals surface area contributed by atoms with Gasteiger partial charge in [-0.25, -0.2) is 4.79 Å². The molecule has 0 heterocycles. The van der Waals surface area contributed by atoms with E-state index in [4.69, 9.17) is 4.74 Å². The summed E-state index contributed by atoms with van der Waals surface area (Å²) in [5, 5.41) is 12.5. The van der Waals surface area contributed by atoms with E-state index in [0.717, 1.165) is 21.3 Å². The smallest absolute Gasteiger partial charge is 0.337 e. The Morgan fingerprint density at radius 2 is 2.00 bits per heavy atom. The molecule has 5 heteroatoms. The number of benzene rings is 2. The summed E-state index contributed by atoms with van der Waals surface area (Å²) >= 11 is 3.42. The Bertz CT molecular complexity index is 728. The van der Waals surface area contributed by atoms with Crippen LogP contribution in [0.3, 0.4) is 0 Å². The van der Waals surface area contributed by atoms with Gasteiger partial charge < -0.3 is 15.2 Å². The summed E-state index contributed by atoms with van der Waals surface area (Å²) in [5.41, 5.74) is 4.03. The van der Waals surface area contributed by atoms with Crippen molar-refractivity contribution in [3.63, 3.8) is 0 Å². The predicted molar refractivity (Wildman–Crippen MR) is 95.7 cm³/mol. The van der Waals surface area contributed by atoms with Gasteiger partial charge >= 0.3 is 5.97 Å². The summed E-state index contributed by atoms with van der Waals surface area (Å²) in [5.74, 6) is -0.0967. The molecule has 0 unspecified atom stereocenters. The van der Waals surface area contributed by atoms with Crippen molar-refractivity contribution < 1.29 is 14.6 Å². The van der Waals surface area contributed by atoms with Crippen LogP contribution in [0.2, 0.25) is 0 Å². The van der Waals surface area contributed by atoms with Crippen LogP contribution in [0.4, 0.5) is 5.69 Å². The number of aryl methyl sites for hydroxylation is 2. The Morgan fingerprint density at radius 1 is 1.26 bits per heavy atom. The monoisotopic (exact) mass is 377 g/mol. The largest absolute Gasteiger partial charge is 0.491 e. The third-order valence-corrected chi connectivity index (χ3v) is 4.31. The molecule has 0 aliphatic heterocycles. The molecule has 0 aliphatic rings. The van der Waals surface area contributed by atoms with Gasteiger partial charge in [-0.15, -0.1) is 0 Å². The second kappa shape index (κ2) is 7.51. The summed E-state index contributed by atoms with van der Waals surface area (Å²) in [6.07, 6.45) is 0. The van der Waals surface area contributed by atoms with Crippen molar-refractivity contribution in [2.75, 3.05) is 18.5 Å². The molecule has 2 aromatic rings. The van der Waals surface area contributed by atoms with Gasteiger partial charge in [0.15, 0.2) is 0 Å². The number of hydrogen-bond acceptors (Lipinski definition) is 3. The highest BCUT2D eigenvalue weighted by Crippen LogP contribution is 2.28. The minimum atomic E-state index is -0.952. The lowest BCUT2D eigenvalue weighted by Crippen LogP contribution is -2.15. The van der Waals surface area contributed by atoms with Crippen molar-refractivity contribution in [1.82, 2.24) is 0 Å². The lowest BCUT2D eigenvalue weighted by Gasteiger charge is -2.14. The van der Waals surface area contributed by atoms with Gasteiger partial charge in [-0.1, -0.05) is 12.1 Å². The first-order valence-corrected chi connectivity index (χ1v) is 8.15. The molecule has 0 bridgehead atoms. The molecule has 0 saturated carbocycles. The Hall–Kier alpha value is -2.01. The Balaban J connectivity index is 2.02. The van der Waals surface area contributed by atoms with Crippen molar-refractivity contribution >= 4 is 27.6 Å². The van der Waals surface area contributed by atoms with Gasteiger partial charge in [-0.05, 0) is 71.6 Å². The van der Waals surface area contributed by atoms with E-state index in [-0.39, 0.29) is 5.56 Å². The van der Waals surface area contributed by atoms with Crippen molar-refractivity contribution in [3.8, 4) is 5.75 Å². The summed E-state index contributed by atoms with van der Waals surface area (Å²) in [7, 11) is 0. The van der Waals surface area contributed by atoms with Crippen LogP contribution in [0.25, 0.3) is 0 Å². The lowest BCUT2D eigenvalue weighted by molar-refractivity contribution is 0.0697. The molecule has 0 saturated heterocycles. The minimum absolute atomic E-state index is 0.253. The molecule has 0 amide bonds. The van der Waals surface area contributed by atoms with Gasteiger partial charge in [-0.3, -0.25) is 0 Å². The average molecular weight is 378 g/mol. The van der Waals surface area contributed by atoms with Gasteiger partial charge in [0, 0.05) is 11.0 Å². The quantitative estimate of drug-likeness (QED) is 0.724. The molecule has 0 radical (unpaired) electrons. The van der Waals surface area contributed by atoms with Crippen LogP contribution >= 0.6 is 15.9 Å². The van der Waals surface area contributed by atoms with E-state index in [1.807, 2.05) is 45.0 Å². The predicted octanol–water partition coefficient (Wildman–Crippen LogP) is 4.56. The van der Waals surface area contributed by atoms with E-state index in [0.29, 0.717) is 18.8 Å². The summed E-state index contributed by atoms with van der Waals surface area (Å²) in [6, 6.07) is 9.49. The van der Waals surface area contributed by atoms with Crippen LogP contribution in [0.5, 0.6) is 5.75 Å². The first-order chi connectivity index (χ1) is 10.9. The van der Waals surface area contributed by atoms with E-state index in [2.05, 4.69) is 21.2 Å². The number of halogens is 1. The molecule has 4 nitrogen and oxygen atoms in total. The Kier molecular flexibility index (Phi) is 5.66. The second-order valence-electron chi connectivity index (χ2n) is 5.45. The molecule has 122 valence electrons. The zero-order chi connectivity index (χ0) is 17.0. The summed E-state index contributed by atoms with van der Waals surface area (Å²) in [4.78, 5) is 11.4. The number of carboxylic acids is 1. The molecule has 23 heavy (non-hydrogen) atoms. The zero-order valence-electron chi connectivity index (χ0n) is 13.4. The van der Waals surface area contributed by atoms with Crippen LogP contribution in [0, 0.1) is 20.8 Å². The maximum atomic E-state index is 11.4. The number of anilines is 1. The maximum absolute atomic E-state index is 11.4. The summed E-state index contributed by atoms with van der Waals surface area (Å²) < 4.78 is 6.52. The fourth-order valence-electron chi connectivity index (χ4n) is 2.31. The highest BCUT2D eigenvalue weighted by molar-refractivity contribution is 9.10. The van der Waals surface area contributed by atoms with Gasteiger partial charge in [0.1, 0.15) is 12.4 Å². The standard InChI is InChI=1S/C18H20BrNO3/c1-11-9-14(18(21)22)17(15(19)10-11)20-7-8-23-16-6-4-5-12(2)13(16)3/h4-6,9-10,20H,7-8H2,1-3H3,(H,21,22). The van der Waals surface area contributed by atoms with E-state index in [9.17, 15) is 9.90 Å². The molecular formula is C18H20BrNO3. The number of carbonyl (C=O) groups is 1. The first kappa shape index (κ1) is 17.3. The SMILES string of the molecule is Cc1cc(Br)c(NCCOc2cccc(C)c2C)c(C(=O)O)c1. The molecule has 2 rings (SSSR count). The van der Waals surface area contributed by atoms with Crippen LogP contribution in [-0.2, 0) is 0 Å². The van der Waals surface area contributed by atoms with Gasteiger partial charge in [0.25, 0.3) is 0 Å². The third-order valence-electron chi connectivity index (χ3n) is 3.68. The van der Waals surface area contributed by atoms with Gasteiger partial charge in [0.05, 0.1) is 11.3 Å². The zero-order valence-corrected chi connectivity index (χ0v) is 15.0. The number of ether oxygens (including phenoxy) is 1. The van der Waals surface area contributed by atoms with E-state index in [1.165, 1.54) is 5.56 Å². The minimum Gasteiger partial charge on any atom is -0.491 e. The van der Waals surface area contributed by atoms with Gasteiger partial charge in [0.2, 0.25) is 0 Å². The maximum Gasteiger partial charge on any atom is 0.337 e. The highest BCUT2D eigenvalue weighted by atomic mass is 79.9. The fourth-order valence-corrected chi connectivity index (χ4v) is 3.02. The highest BCUT2D eigenvalue weighted by Gasteiger charge is 2.14. The van der Waals surface area contributed by atoms with Crippen molar-refractivity contribution in [2.24, 2.45) is 0 Å². The Labute approximate surface area is 144 Å². The number of hydrogen-bond donors (Lipinski definition) is 2. The average Bonchev–Trinajstić information content (AvgIpc) is 2.48. The van der Waals surface area contributed by atoms with Crippen molar-refractivity contribution in [1.29, 1.82) is 0 Å². The lowest BCUT2D eigenvalue weighted by atomic mass is 10.1. The third kappa shape index (κ3) is 4.26. The van der Waals surface area contributed by atoms with E-state index < -0.39 is 5.97 Å². The topological polar surface area (TPSA) is 58.6 Å². The van der Waals surface area contributed by atoms with Crippen molar-refractivity contribution in [3.05, 3.63) is 57.1 Å². The fraction of sp³-hybridized carbons (Fsp3) is 0.278. The Morgan fingerprint density at radius 3 is 2.70 bits per heavy atom. The number of rotatable bonds is 6. The molecule has 2 N–H and O–H groups in total. The number of aromatic carboxylic acids is 1. The molecule has 0 spiro atoms. The van der Waals surface area contributed by atoms with E-state index >= 15 is 0 Å². The molecular weight excluding hydrogens is 358 g/mol. The molecule has 0 aliphatic carbocycles.